The molecule has 0 amide bonds. The van der Waals surface area contributed by atoms with Gasteiger partial charge in [0.25, 0.3) is 0 Å². The molecule has 0 aliphatic rings. The second-order valence-electron chi connectivity index (χ2n) is 25.8. The van der Waals surface area contributed by atoms with Crippen molar-refractivity contribution in [1.29, 1.82) is 0 Å². The zero-order valence-corrected chi connectivity index (χ0v) is 55.2. The van der Waals surface area contributed by atoms with Crippen molar-refractivity contribution in [2.45, 2.75) is 0 Å². The van der Waals surface area contributed by atoms with Crippen LogP contribution in [0.25, 0.3) is 189 Å². The van der Waals surface area contributed by atoms with E-state index in [0.29, 0.717) is 34.9 Å². The molecule has 476 valence electrons. The maximum atomic E-state index is 4.95. The molecule has 16 aromatic carbocycles. The van der Waals surface area contributed by atoms with Gasteiger partial charge >= 0.3 is 0 Å². The smallest absolute Gasteiger partial charge is 0.164 e. The first-order valence-electron chi connectivity index (χ1n) is 34.4. The van der Waals surface area contributed by atoms with Crippen molar-refractivity contribution >= 4 is 86.7 Å². The Kier molecular flexibility index (Phi) is 14.7. The molecule has 0 aliphatic heterocycles. The molecule has 0 fully saturated rings. The first kappa shape index (κ1) is 59.4. The molecular weight excluding hydrogens is 1240 g/mol. The first-order chi connectivity index (χ1) is 50.5. The van der Waals surface area contributed by atoms with Crippen LogP contribution in [0.1, 0.15) is 0 Å². The van der Waals surface area contributed by atoms with Crippen LogP contribution in [0.15, 0.2) is 364 Å². The van der Waals surface area contributed by atoms with E-state index in [0.717, 1.165) is 44.8 Å². The second kappa shape index (κ2) is 25.2. The lowest BCUT2D eigenvalue weighted by atomic mass is 9.95. The zero-order chi connectivity index (χ0) is 67.5. The van der Waals surface area contributed by atoms with E-state index in [4.69, 9.17) is 29.9 Å². The summed E-state index contributed by atoms with van der Waals surface area (Å²) in [4.78, 5) is 29.5. The number of hydrogen-bond donors (Lipinski definition) is 0. The molecule has 20 aromatic rings. The fourth-order valence-corrected chi connectivity index (χ4v) is 14.7. The molecule has 4 aromatic heterocycles. The Hall–Kier alpha value is -13.8. The topological polar surface area (TPSA) is 87.2 Å². The van der Waals surface area contributed by atoms with Crippen LogP contribution >= 0.6 is 0 Å². The number of nitrogens with zero attached hydrogens (tertiary/aromatic N) is 8. The van der Waals surface area contributed by atoms with Gasteiger partial charge in [0, 0.05) is 66.3 Å². The lowest BCUT2D eigenvalue weighted by Crippen LogP contribution is -2.00. The zero-order valence-electron chi connectivity index (χ0n) is 55.2. The minimum atomic E-state index is 0.642. The summed E-state index contributed by atoms with van der Waals surface area (Å²) < 4.78 is 4.74. The van der Waals surface area contributed by atoms with E-state index in [9.17, 15) is 0 Å². The van der Waals surface area contributed by atoms with Crippen LogP contribution in [0.2, 0.25) is 0 Å². The summed E-state index contributed by atoms with van der Waals surface area (Å²) in [6.07, 6.45) is 0. The monoisotopic (exact) mass is 1300 g/mol. The number of rotatable bonds is 10. The quantitative estimate of drug-likeness (QED) is 0.136. The van der Waals surface area contributed by atoms with Crippen molar-refractivity contribution < 1.29 is 0 Å². The highest BCUT2D eigenvalue weighted by molar-refractivity contribution is 6.23. The second-order valence-corrected chi connectivity index (χ2v) is 25.8. The van der Waals surface area contributed by atoms with Gasteiger partial charge in [-0.25, -0.2) is 29.9 Å². The summed E-state index contributed by atoms with van der Waals surface area (Å²) in [5.41, 5.74) is 17.4. The van der Waals surface area contributed by atoms with Crippen LogP contribution in [-0.2, 0) is 0 Å². The average molecular weight is 1300 g/mol. The largest absolute Gasteiger partial charge is 0.309 e. The van der Waals surface area contributed by atoms with Gasteiger partial charge in [0.2, 0.25) is 0 Å². The maximum Gasteiger partial charge on any atom is 0.164 e. The third-order valence-electron chi connectivity index (χ3n) is 19.7. The molecule has 0 aliphatic carbocycles. The summed E-state index contributed by atoms with van der Waals surface area (Å²) in [5, 5.41) is 14.9. The third kappa shape index (κ3) is 10.7. The lowest BCUT2D eigenvalue weighted by molar-refractivity contribution is 1.07. The maximum absolute atomic E-state index is 4.95. The van der Waals surface area contributed by atoms with Gasteiger partial charge in [0.05, 0.1) is 22.1 Å². The molecule has 102 heavy (non-hydrogen) atoms. The predicted octanol–water partition coefficient (Wildman–Crippen LogP) is 23.9. The normalized spacial score (nSPS) is 11.5. The average Bonchev–Trinajstić information content (AvgIpc) is 1.57. The van der Waals surface area contributed by atoms with Gasteiger partial charge in [-0.15, -0.1) is 0 Å². The van der Waals surface area contributed by atoms with E-state index in [1.165, 1.54) is 109 Å². The van der Waals surface area contributed by atoms with Crippen LogP contribution in [0, 0.1) is 0 Å². The minimum Gasteiger partial charge on any atom is -0.309 e. The summed E-state index contributed by atoms with van der Waals surface area (Å²) in [6.45, 7) is 0. The molecule has 0 radical (unpaired) electrons. The van der Waals surface area contributed by atoms with Crippen LogP contribution in [0.3, 0.4) is 0 Å². The highest BCUT2D eigenvalue weighted by atomic mass is 15.0. The molecule has 0 N–H and O–H groups in total. The number of hydrogen-bond acceptors (Lipinski definition) is 6. The highest BCUT2D eigenvalue weighted by Crippen LogP contribution is 2.42. The van der Waals surface area contributed by atoms with Gasteiger partial charge in [-0.3, -0.25) is 0 Å². The highest BCUT2D eigenvalue weighted by Gasteiger charge is 2.21. The SMILES string of the molecule is c1ccc(-c2nc(-c3ccccc3)nc(-c3ccc(-n4c5ccccc5c5c6cc(-c7cccc8ccccc78)ccc6ccc54)cc3)n2)cc1.c1ccc(-c2nc(-c3ccccc3)nc(-c3ccc(-n4c5ccccc5c5c6ccc(-c7ccc8ccccc8c7)cc6ccc54)cc3)n2)cc1. The number of aromatic nitrogens is 8. The van der Waals surface area contributed by atoms with E-state index in [1.54, 1.807) is 0 Å². The Morgan fingerprint density at radius 2 is 0.500 bits per heavy atom. The van der Waals surface area contributed by atoms with Gasteiger partial charge in [-0.2, -0.15) is 0 Å². The summed E-state index contributed by atoms with van der Waals surface area (Å²) in [6, 6.07) is 128. The van der Waals surface area contributed by atoms with Crippen molar-refractivity contribution in [2.75, 3.05) is 0 Å². The molecule has 8 heteroatoms. The number of fused-ring (bicyclic) bond motifs is 12. The Morgan fingerprint density at radius 1 is 0.167 bits per heavy atom. The Bertz CT molecular complexity index is 6470. The van der Waals surface area contributed by atoms with Crippen molar-refractivity contribution in [3.8, 4) is 102 Å². The van der Waals surface area contributed by atoms with Crippen molar-refractivity contribution in [2.24, 2.45) is 0 Å². The molecule has 4 heterocycles. The Morgan fingerprint density at radius 3 is 1.00 bits per heavy atom. The van der Waals surface area contributed by atoms with E-state index in [1.807, 2.05) is 121 Å². The molecule has 20 rings (SSSR count). The molecule has 0 saturated heterocycles. The molecular formula is C94H60N8. The lowest BCUT2D eigenvalue weighted by Gasteiger charge is -2.11. The predicted molar refractivity (Wildman–Crippen MR) is 422 cm³/mol. The fraction of sp³-hybridized carbons (Fsp3) is 0. The van der Waals surface area contributed by atoms with Crippen LogP contribution < -0.4 is 0 Å². The van der Waals surface area contributed by atoms with Crippen molar-refractivity contribution in [1.82, 2.24) is 39.0 Å². The molecule has 0 bridgehead atoms. The van der Waals surface area contributed by atoms with E-state index < -0.39 is 0 Å². The minimum absolute atomic E-state index is 0.642. The van der Waals surface area contributed by atoms with Crippen LogP contribution in [0.5, 0.6) is 0 Å². The number of para-hydroxylation sites is 2. The van der Waals surface area contributed by atoms with E-state index in [2.05, 4.69) is 252 Å². The van der Waals surface area contributed by atoms with Gasteiger partial charge in [-0.1, -0.05) is 273 Å². The van der Waals surface area contributed by atoms with Crippen LogP contribution in [0.4, 0.5) is 0 Å². The van der Waals surface area contributed by atoms with Gasteiger partial charge in [-0.05, 0) is 156 Å². The first-order valence-corrected chi connectivity index (χ1v) is 34.4. The van der Waals surface area contributed by atoms with Crippen LogP contribution in [-0.4, -0.2) is 39.0 Å². The summed E-state index contributed by atoms with van der Waals surface area (Å²) >= 11 is 0. The number of benzene rings is 16. The van der Waals surface area contributed by atoms with Gasteiger partial charge < -0.3 is 9.13 Å². The molecule has 0 spiro atoms. The fourth-order valence-electron chi connectivity index (χ4n) is 14.7. The Balaban J connectivity index is 0.000000141. The molecule has 8 nitrogen and oxygen atoms in total. The third-order valence-corrected chi connectivity index (χ3v) is 19.7. The van der Waals surface area contributed by atoms with Crippen molar-refractivity contribution in [3.05, 3.63) is 364 Å². The van der Waals surface area contributed by atoms with E-state index in [-0.39, 0.29) is 0 Å². The molecule has 0 atom stereocenters. The van der Waals surface area contributed by atoms with Gasteiger partial charge in [0.1, 0.15) is 0 Å². The van der Waals surface area contributed by atoms with E-state index >= 15 is 0 Å². The summed E-state index contributed by atoms with van der Waals surface area (Å²) in [7, 11) is 0. The molecule has 0 unspecified atom stereocenters. The summed E-state index contributed by atoms with van der Waals surface area (Å²) in [5.74, 6) is 3.90. The van der Waals surface area contributed by atoms with Gasteiger partial charge in [0.15, 0.2) is 34.9 Å². The standard InChI is InChI=1S/2C47H30N4/c1-3-13-33(14-4-1)45-48-46(34-15-5-2-6-16-34)50-47(49-45)35-24-27-37(28-25-35)51-42-21-10-9-19-40(42)44-41-30-36(23-22-32(41)26-29-43(44)51)39-20-11-17-31-12-7-8-18-38(31)39;1-3-12-32(13-4-1)45-48-46(33-14-5-2-6-15-33)50-47(49-45)34-21-25-39(26-22-34)51-42-18-10-9-17-41(42)44-40-27-23-37(30-38(40)24-28-43(44)51)36-20-19-31-11-7-8-16-35(31)29-36/h2*1-30H. The Labute approximate surface area is 588 Å². The molecule has 0 saturated carbocycles. The van der Waals surface area contributed by atoms with Crippen molar-refractivity contribution in [3.63, 3.8) is 0 Å².